The average Bonchev–Trinajstić information content (AvgIpc) is 2.67. The molecule has 26 heavy (non-hydrogen) atoms. The first kappa shape index (κ1) is 17.9. The average molecular weight is 350 g/mol. The van der Waals surface area contributed by atoms with Crippen molar-refractivity contribution in [1.82, 2.24) is 5.32 Å². The van der Waals surface area contributed by atoms with Crippen molar-refractivity contribution in [1.29, 1.82) is 0 Å². The fraction of sp³-hybridized carbons (Fsp3) is 0.286. The highest BCUT2D eigenvalue weighted by molar-refractivity contribution is 5.80. The Morgan fingerprint density at radius 3 is 2.50 bits per heavy atom. The van der Waals surface area contributed by atoms with Crippen LogP contribution in [0.3, 0.4) is 0 Å². The van der Waals surface area contributed by atoms with Crippen LogP contribution in [0.1, 0.15) is 36.8 Å². The van der Waals surface area contributed by atoms with E-state index in [1.165, 1.54) is 17.7 Å². The number of nitrogens with zero attached hydrogens (tertiary/aromatic N) is 1. The van der Waals surface area contributed by atoms with Gasteiger partial charge in [0.05, 0.1) is 4.92 Å². The van der Waals surface area contributed by atoms with E-state index < -0.39 is 4.92 Å². The van der Waals surface area contributed by atoms with Crippen LogP contribution in [-0.4, -0.2) is 10.8 Å². The first-order valence-corrected chi connectivity index (χ1v) is 8.76. The number of hydrogen-bond acceptors (Lipinski definition) is 3. The molecular weight excluding hydrogens is 328 g/mol. The van der Waals surface area contributed by atoms with E-state index in [-0.39, 0.29) is 23.4 Å². The van der Waals surface area contributed by atoms with Crippen molar-refractivity contribution in [2.24, 2.45) is 5.92 Å². The molecule has 0 radical (unpaired) electrons. The van der Waals surface area contributed by atoms with Crippen LogP contribution in [-0.2, 0) is 11.3 Å². The van der Waals surface area contributed by atoms with Gasteiger partial charge in [0.2, 0.25) is 5.91 Å². The number of nitro benzene ring substituents is 1. The normalized spacial score (nSPS) is 19.5. The number of carbonyl (C=O) groups excluding carboxylic acids is 1. The molecule has 2 aromatic rings. The fourth-order valence-corrected chi connectivity index (χ4v) is 3.46. The van der Waals surface area contributed by atoms with Crippen molar-refractivity contribution >= 4 is 11.6 Å². The number of allylic oxidation sites excluding steroid dienone is 2. The molecule has 3 rings (SSSR count). The standard InChI is InChI=1S/C21H22N2O3/c1-15-7-12-19(21(24)22-14-16-5-3-2-4-6-16)20(13-15)17-8-10-18(11-9-17)23(25)26/h2-11,19-20H,12-14H2,1H3,(H,22,24)/t19-,20+/m1/s1. The third kappa shape index (κ3) is 4.17. The predicted molar refractivity (Wildman–Crippen MR) is 101 cm³/mol. The first-order chi connectivity index (χ1) is 12.5. The molecule has 0 fully saturated rings. The molecular formula is C21H22N2O3. The Balaban J connectivity index is 1.75. The van der Waals surface area contributed by atoms with Gasteiger partial charge in [-0.05, 0) is 36.8 Å². The summed E-state index contributed by atoms with van der Waals surface area (Å²) in [6, 6.07) is 16.4. The molecule has 0 saturated carbocycles. The molecule has 0 bridgehead atoms. The van der Waals surface area contributed by atoms with Crippen LogP contribution >= 0.6 is 0 Å². The Labute approximate surface area is 152 Å². The number of rotatable bonds is 5. The maximum Gasteiger partial charge on any atom is 0.269 e. The van der Waals surface area contributed by atoms with Crippen molar-refractivity contribution in [3.05, 3.63) is 87.5 Å². The van der Waals surface area contributed by atoms with Crippen LogP contribution in [0.15, 0.2) is 66.2 Å². The molecule has 134 valence electrons. The molecule has 2 aromatic carbocycles. The van der Waals surface area contributed by atoms with Crippen molar-refractivity contribution in [2.75, 3.05) is 0 Å². The van der Waals surface area contributed by atoms with Gasteiger partial charge >= 0.3 is 0 Å². The molecule has 5 nitrogen and oxygen atoms in total. The highest BCUT2D eigenvalue weighted by Gasteiger charge is 2.31. The zero-order valence-electron chi connectivity index (χ0n) is 14.7. The first-order valence-electron chi connectivity index (χ1n) is 8.76. The van der Waals surface area contributed by atoms with Crippen LogP contribution in [0.2, 0.25) is 0 Å². The second kappa shape index (κ2) is 7.95. The Hall–Kier alpha value is -2.95. The third-order valence-electron chi connectivity index (χ3n) is 4.93. The monoisotopic (exact) mass is 350 g/mol. The summed E-state index contributed by atoms with van der Waals surface area (Å²) < 4.78 is 0. The molecule has 5 heteroatoms. The lowest BCUT2D eigenvalue weighted by molar-refractivity contribution is -0.384. The van der Waals surface area contributed by atoms with Crippen LogP contribution in [0.4, 0.5) is 5.69 Å². The van der Waals surface area contributed by atoms with Gasteiger partial charge in [-0.3, -0.25) is 14.9 Å². The fourth-order valence-electron chi connectivity index (χ4n) is 3.46. The maximum atomic E-state index is 12.8. The van der Waals surface area contributed by atoms with E-state index in [0.717, 1.165) is 17.5 Å². The smallest absolute Gasteiger partial charge is 0.269 e. The highest BCUT2D eigenvalue weighted by Crippen LogP contribution is 2.38. The molecule has 2 atom stereocenters. The summed E-state index contributed by atoms with van der Waals surface area (Å²) in [7, 11) is 0. The molecule has 1 aliphatic rings. The summed E-state index contributed by atoms with van der Waals surface area (Å²) in [6.07, 6.45) is 3.60. The predicted octanol–water partition coefficient (Wildman–Crippen LogP) is 4.35. The zero-order chi connectivity index (χ0) is 18.5. The van der Waals surface area contributed by atoms with Crippen molar-refractivity contribution in [3.63, 3.8) is 0 Å². The molecule has 0 saturated heterocycles. The van der Waals surface area contributed by atoms with Gasteiger partial charge in [-0.2, -0.15) is 0 Å². The van der Waals surface area contributed by atoms with Crippen LogP contribution in [0.25, 0.3) is 0 Å². The molecule has 0 heterocycles. The van der Waals surface area contributed by atoms with E-state index in [0.29, 0.717) is 13.0 Å². The molecule has 1 N–H and O–H groups in total. The van der Waals surface area contributed by atoms with Crippen molar-refractivity contribution in [2.45, 2.75) is 32.2 Å². The largest absolute Gasteiger partial charge is 0.352 e. The Bertz CT molecular complexity index is 813. The molecule has 0 aliphatic heterocycles. The second-order valence-corrected chi connectivity index (χ2v) is 6.76. The maximum absolute atomic E-state index is 12.8. The number of non-ortho nitro benzene ring substituents is 1. The second-order valence-electron chi connectivity index (χ2n) is 6.76. The van der Waals surface area contributed by atoms with Gasteiger partial charge in [0.25, 0.3) is 5.69 Å². The van der Waals surface area contributed by atoms with Gasteiger partial charge in [0, 0.05) is 24.6 Å². The van der Waals surface area contributed by atoms with Gasteiger partial charge in [0.15, 0.2) is 0 Å². The van der Waals surface area contributed by atoms with E-state index in [2.05, 4.69) is 18.3 Å². The number of hydrogen-bond donors (Lipinski definition) is 1. The lowest BCUT2D eigenvalue weighted by Gasteiger charge is -2.30. The Morgan fingerprint density at radius 1 is 1.15 bits per heavy atom. The van der Waals surface area contributed by atoms with E-state index in [9.17, 15) is 14.9 Å². The van der Waals surface area contributed by atoms with E-state index in [4.69, 9.17) is 0 Å². The molecule has 1 aliphatic carbocycles. The SMILES string of the molecule is CC1=CC[C@@H](C(=O)NCc2ccccc2)[C@H](c2ccc([N+](=O)[O-])cc2)C1. The third-order valence-corrected chi connectivity index (χ3v) is 4.93. The van der Waals surface area contributed by atoms with Gasteiger partial charge in [0.1, 0.15) is 0 Å². The molecule has 0 spiro atoms. The minimum Gasteiger partial charge on any atom is -0.352 e. The van der Waals surface area contributed by atoms with E-state index >= 15 is 0 Å². The summed E-state index contributed by atoms with van der Waals surface area (Å²) in [6.45, 7) is 2.57. The summed E-state index contributed by atoms with van der Waals surface area (Å²) in [5.41, 5.74) is 3.36. The lowest BCUT2D eigenvalue weighted by atomic mass is 9.75. The molecule has 1 amide bonds. The minimum atomic E-state index is -0.403. The summed E-state index contributed by atoms with van der Waals surface area (Å²) in [5, 5.41) is 13.9. The quantitative estimate of drug-likeness (QED) is 0.495. The number of nitrogens with one attached hydrogen (secondary N) is 1. The van der Waals surface area contributed by atoms with Crippen molar-refractivity contribution in [3.8, 4) is 0 Å². The molecule has 0 aromatic heterocycles. The lowest BCUT2D eigenvalue weighted by Crippen LogP contribution is -2.35. The zero-order valence-corrected chi connectivity index (χ0v) is 14.7. The van der Waals surface area contributed by atoms with Crippen LogP contribution in [0, 0.1) is 16.0 Å². The summed E-state index contributed by atoms with van der Waals surface area (Å²) in [5.74, 6) is -0.0959. The number of carbonyl (C=O) groups is 1. The Morgan fingerprint density at radius 2 is 1.85 bits per heavy atom. The minimum absolute atomic E-state index is 0.0287. The van der Waals surface area contributed by atoms with E-state index in [1.807, 2.05) is 30.3 Å². The Kier molecular flexibility index (Phi) is 5.46. The summed E-state index contributed by atoms with van der Waals surface area (Å²) in [4.78, 5) is 23.3. The van der Waals surface area contributed by atoms with Crippen LogP contribution in [0.5, 0.6) is 0 Å². The van der Waals surface area contributed by atoms with Crippen molar-refractivity contribution < 1.29 is 9.72 Å². The number of amides is 1. The number of nitro groups is 1. The van der Waals surface area contributed by atoms with E-state index in [1.54, 1.807) is 12.1 Å². The number of benzene rings is 2. The highest BCUT2D eigenvalue weighted by atomic mass is 16.6. The van der Waals surface area contributed by atoms with Gasteiger partial charge in [-0.25, -0.2) is 0 Å². The van der Waals surface area contributed by atoms with Gasteiger partial charge in [-0.15, -0.1) is 0 Å². The van der Waals surface area contributed by atoms with Gasteiger partial charge in [-0.1, -0.05) is 54.1 Å². The molecule has 0 unspecified atom stereocenters. The summed E-state index contributed by atoms with van der Waals surface area (Å²) >= 11 is 0. The van der Waals surface area contributed by atoms with Crippen LogP contribution < -0.4 is 5.32 Å². The van der Waals surface area contributed by atoms with Gasteiger partial charge < -0.3 is 5.32 Å². The topological polar surface area (TPSA) is 72.2 Å².